The standard InChI is InChI=1S/C15H21FN2O/c1-15(2,11-5-7-12(16)8-6-11)14(19)18-13-4-3-9-17-10-13/h5-8,13,17H,3-4,9-10H2,1-2H3,(H,18,19). The van der Waals surface area contributed by atoms with Crippen molar-refractivity contribution in [2.24, 2.45) is 0 Å². The van der Waals surface area contributed by atoms with E-state index in [0.29, 0.717) is 0 Å². The second-order valence-electron chi connectivity index (χ2n) is 5.65. The molecule has 0 aliphatic carbocycles. The number of carbonyl (C=O) groups is 1. The third kappa shape index (κ3) is 3.32. The number of benzene rings is 1. The Hall–Kier alpha value is -1.42. The second-order valence-corrected chi connectivity index (χ2v) is 5.65. The van der Waals surface area contributed by atoms with Crippen molar-refractivity contribution in [3.05, 3.63) is 35.6 Å². The highest BCUT2D eigenvalue weighted by Gasteiger charge is 2.31. The molecule has 0 spiro atoms. The molecule has 1 fully saturated rings. The van der Waals surface area contributed by atoms with Crippen molar-refractivity contribution >= 4 is 5.91 Å². The van der Waals surface area contributed by atoms with Crippen molar-refractivity contribution in [1.29, 1.82) is 0 Å². The van der Waals surface area contributed by atoms with Gasteiger partial charge in [-0.25, -0.2) is 4.39 Å². The highest BCUT2D eigenvalue weighted by molar-refractivity contribution is 5.87. The highest BCUT2D eigenvalue weighted by atomic mass is 19.1. The van der Waals surface area contributed by atoms with Gasteiger partial charge in [0, 0.05) is 12.6 Å². The van der Waals surface area contributed by atoms with E-state index in [1.54, 1.807) is 12.1 Å². The molecule has 104 valence electrons. The van der Waals surface area contributed by atoms with Gasteiger partial charge in [0.2, 0.25) is 5.91 Å². The van der Waals surface area contributed by atoms with Crippen LogP contribution in [-0.2, 0) is 10.2 Å². The van der Waals surface area contributed by atoms with Crippen molar-refractivity contribution < 1.29 is 9.18 Å². The summed E-state index contributed by atoms with van der Waals surface area (Å²) in [5.74, 6) is -0.288. The molecule has 2 N–H and O–H groups in total. The summed E-state index contributed by atoms with van der Waals surface area (Å²) in [5, 5.41) is 6.35. The van der Waals surface area contributed by atoms with E-state index in [1.807, 2.05) is 13.8 Å². The van der Waals surface area contributed by atoms with Crippen LogP contribution < -0.4 is 10.6 Å². The van der Waals surface area contributed by atoms with Gasteiger partial charge in [0.1, 0.15) is 5.82 Å². The van der Waals surface area contributed by atoms with Crippen LogP contribution in [0, 0.1) is 5.82 Å². The number of hydrogen-bond acceptors (Lipinski definition) is 2. The van der Waals surface area contributed by atoms with Gasteiger partial charge < -0.3 is 10.6 Å². The SMILES string of the molecule is CC(C)(C(=O)NC1CCCNC1)c1ccc(F)cc1. The molecule has 19 heavy (non-hydrogen) atoms. The normalized spacial score (nSPS) is 20.1. The minimum absolute atomic E-state index is 0.00666. The molecule has 1 atom stereocenters. The summed E-state index contributed by atoms with van der Waals surface area (Å²) in [4.78, 5) is 12.4. The van der Waals surface area contributed by atoms with E-state index < -0.39 is 5.41 Å². The molecule has 4 heteroatoms. The van der Waals surface area contributed by atoms with Gasteiger partial charge >= 0.3 is 0 Å². The summed E-state index contributed by atoms with van der Waals surface area (Å²) in [6.07, 6.45) is 2.10. The average molecular weight is 264 g/mol. The van der Waals surface area contributed by atoms with Crippen molar-refractivity contribution in [2.45, 2.75) is 38.1 Å². The maximum Gasteiger partial charge on any atom is 0.230 e. The molecular formula is C15H21FN2O. The molecule has 2 rings (SSSR count). The molecule has 0 aromatic heterocycles. The van der Waals surface area contributed by atoms with Crippen molar-refractivity contribution in [2.75, 3.05) is 13.1 Å². The molecule has 1 heterocycles. The van der Waals surface area contributed by atoms with Crippen LogP contribution in [0.15, 0.2) is 24.3 Å². The quantitative estimate of drug-likeness (QED) is 0.876. The molecule has 0 saturated carbocycles. The lowest BCUT2D eigenvalue weighted by Gasteiger charge is -2.30. The minimum atomic E-state index is -0.648. The van der Waals surface area contributed by atoms with Crippen LogP contribution in [0.2, 0.25) is 0 Å². The first-order valence-corrected chi connectivity index (χ1v) is 6.78. The molecule has 1 saturated heterocycles. The van der Waals surface area contributed by atoms with Gasteiger partial charge in [0.25, 0.3) is 0 Å². The van der Waals surface area contributed by atoms with E-state index in [-0.39, 0.29) is 17.8 Å². The van der Waals surface area contributed by atoms with Gasteiger partial charge in [-0.15, -0.1) is 0 Å². The smallest absolute Gasteiger partial charge is 0.230 e. The van der Waals surface area contributed by atoms with E-state index >= 15 is 0 Å². The zero-order chi connectivity index (χ0) is 13.9. The number of nitrogens with one attached hydrogen (secondary N) is 2. The summed E-state index contributed by atoms with van der Waals surface area (Å²) in [6, 6.07) is 6.34. The predicted molar refractivity (Wildman–Crippen MR) is 73.5 cm³/mol. The number of rotatable bonds is 3. The Morgan fingerprint density at radius 1 is 1.37 bits per heavy atom. The Bertz CT molecular complexity index is 436. The maximum absolute atomic E-state index is 12.9. The number of piperidine rings is 1. The molecule has 3 nitrogen and oxygen atoms in total. The van der Waals surface area contributed by atoms with Gasteiger partial charge in [0.15, 0.2) is 0 Å². The van der Waals surface area contributed by atoms with Gasteiger partial charge in [-0.3, -0.25) is 4.79 Å². The third-order valence-electron chi connectivity index (χ3n) is 3.77. The fraction of sp³-hybridized carbons (Fsp3) is 0.533. The summed E-state index contributed by atoms with van der Waals surface area (Å²) >= 11 is 0. The van der Waals surface area contributed by atoms with E-state index in [4.69, 9.17) is 0 Å². The van der Waals surface area contributed by atoms with E-state index in [1.165, 1.54) is 12.1 Å². The second kappa shape index (κ2) is 5.70. The Morgan fingerprint density at radius 3 is 2.63 bits per heavy atom. The molecule has 0 radical (unpaired) electrons. The fourth-order valence-electron chi connectivity index (χ4n) is 2.34. The maximum atomic E-state index is 12.9. The molecule has 1 unspecified atom stereocenters. The lowest BCUT2D eigenvalue weighted by molar-refractivity contribution is -0.126. The summed E-state index contributed by atoms with van der Waals surface area (Å²) in [7, 11) is 0. The Labute approximate surface area is 113 Å². The summed E-state index contributed by atoms with van der Waals surface area (Å²) in [6.45, 7) is 5.58. The van der Waals surface area contributed by atoms with Gasteiger partial charge in [-0.2, -0.15) is 0 Å². The number of hydrogen-bond donors (Lipinski definition) is 2. The van der Waals surface area contributed by atoms with Crippen LogP contribution in [0.5, 0.6) is 0 Å². The van der Waals surface area contributed by atoms with E-state index in [0.717, 1.165) is 31.5 Å². The Kier molecular flexibility index (Phi) is 4.20. The minimum Gasteiger partial charge on any atom is -0.351 e. The lowest BCUT2D eigenvalue weighted by Crippen LogP contribution is -2.50. The zero-order valence-electron chi connectivity index (χ0n) is 11.5. The van der Waals surface area contributed by atoms with Crippen LogP contribution in [0.1, 0.15) is 32.3 Å². The van der Waals surface area contributed by atoms with Crippen LogP contribution >= 0.6 is 0 Å². The molecule has 1 aromatic rings. The van der Waals surface area contributed by atoms with Crippen molar-refractivity contribution in [3.8, 4) is 0 Å². The van der Waals surface area contributed by atoms with E-state index in [2.05, 4.69) is 10.6 Å². The largest absolute Gasteiger partial charge is 0.351 e. The molecule has 1 aliphatic heterocycles. The number of halogens is 1. The topological polar surface area (TPSA) is 41.1 Å². The number of carbonyl (C=O) groups excluding carboxylic acids is 1. The first-order valence-electron chi connectivity index (χ1n) is 6.78. The number of amides is 1. The van der Waals surface area contributed by atoms with Crippen LogP contribution in [0.25, 0.3) is 0 Å². The van der Waals surface area contributed by atoms with Gasteiger partial charge in [-0.1, -0.05) is 12.1 Å². The first kappa shape index (κ1) is 14.0. The Morgan fingerprint density at radius 2 is 2.05 bits per heavy atom. The van der Waals surface area contributed by atoms with Gasteiger partial charge in [-0.05, 0) is 50.9 Å². The van der Waals surface area contributed by atoms with Crippen LogP contribution in [-0.4, -0.2) is 25.0 Å². The van der Waals surface area contributed by atoms with E-state index in [9.17, 15) is 9.18 Å². The van der Waals surface area contributed by atoms with Gasteiger partial charge in [0.05, 0.1) is 5.41 Å². The molecule has 1 aromatic carbocycles. The van der Waals surface area contributed by atoms with Crippen molar-refractivity contribution in [1.82, 2.24) is 10.6 Å². The predicted octanol–water partition coefficient (Wildman–Crippen LogP) is 1.97. The van der Waals surface area contributed by atoms with Crippen molar-refractivity contribution in [3.63, 3.8) is 0 Å². The molecular weight excluding hydrogens is 243 g/mol. The Balaban J connectivity index is 2.05. The highest BCUT2D eigenvalue weighted by Crippen LogP contribution is 2.24. The molecule has 1 aliphatic rings. The third-order valence-corrected chi connectivity index (χ3v) is 3.77. The van der Waals surface area contributed by atoms with Crippen LogP contribution in [0.4, 0.5) is 4.39 Å². The summed E-state index contributed by atoms with van der Waals surface area (Å²) in [5.41, 5.74) is 0.181. The average Bonchev–Trinajstić information content (AvgIpc) is 2.40. The first-order chi connectivity index (χ1) is 9.00. The molecule has 0 bridgehead atoms. The molecule has 1 amide bonds. The van der Waals surface area contributed by atoms with Crippen LogP contribution in [0.3, 0.4) is 0 Å². The lowest BCUT2D eigenvalue weighted by atomic mass is 9.83. The zero-order valence-corrected chi connectivity index (χ0v) is 11.5. The summed E-state index contributed by atoms with van der Waals surface area (Å²) < 4.78 is 12.9. The monoisotopic (exact) mass is 264 g/mol. The fourth-order valence-corrected chi connectivity index (χ4v) is 2.34.